The van der Waals surface area contributed by atoms with Gasteiger partial charge in [-0.05, 0) is 32.0 Å². The van der Waals surface area contributed by atoms with E-state index in [0.717, 1.165) is 19.6 Å². The molecule has 0 bridgehead atoms. The lowest BCUT2D eigenvalue weighted by atomic mass is 9.94. The van der Waals surface area contributed by atoms with E-state index in [1.165, 1.54) is 26.1 Å². The summed E-state index contributed by atoms with van der Waals surface area (Å²) in [7, 11) is 0. The molecule has 15 heavy (non-hydrogen) atoms. The Morgan fingerprint density at radius 2 is 2.00 bits per heavy atom. The molecule has 1 aliphatic heterocycles. The number of piperidine rings is 1. The lowest BCUT2D eigenvalue weighted by molar-refractivity contribution is 0.148. The molecule has 0 aromatic carbocycles. The topological polar surface area (TPSA) is 32.5 Å². The minimum atomic E-state index is 0.385. The minimum absolute atomic E-state index is 0.385. The third-order valence-electron chi connectivity index (χ3n) is 3.73. The number of hydrogen-bond donors (Lipinski definition) is 1. The van der Waals surface area contributed by atoms with Crippen molar-refractivity contribution in [2.75, 3.05) is 39.3 Å². The van der Waals surface area contributed by atoms with Gasteiger partial charge in [-0.2, -0.15) is 0 Å². The van der Waals surface area contributed by atoms with Crippen molar-refractivity contribution in [3.8, 4) is 0 Å². The number of hydrogen-bond acceptors (Lipinski definition) is 3. The predicted molar refractivity (Wildman–Crippen MR) is 66.0 cm³/mol. The summed E-state index contributed by atoms with van der Waals surface area (Å²) in [4.78, 5) is 4.99. The molecule has 0 amide bonds. The maximum atomic E-state index is 6.08. The fraction of sp³-hybridized carbons (Fsp3) is 1.00. The SMILES string of the molecule is CCN(CC)CCN1CCC(C)C(N)C1. The summed E-state index contributed by atoms with van der Waals surface area (Å²) in [5.74, 6) is 0.703. The summed E-state index contributed by atoms with van der Waals surface area (Å²) < 4.78 is 0. The maximum absolute atomic E-state index is 6.08. The Kier molecular flexibility index (Phi) is 5.58. The lowest BCUT2D eigenvalue weighted by Crippen LogP contribution is -2.49. The van der Waals surface area contributed by atoms with Gasteiger partial charge in [0.05, 0.1) is 0 Å². The molecule has 2 unspecified atom stereocenters. The normalized spacial score (nSPS) is 28.6. The largest absolute Gasteiger partial charge is 0.326 e. The van der Waals surface area contributed by atoms with Gasteiger partial charge in [0, 0.05) is 25.7 Å². The first-order chi connectivity index (χ1) is 7.17. The van der Waals surface area contributed by atoms with Gasteiger partial charge in [-0.1, -0.05) is 20.8 Å². The highest BCUT2D eigenvalue weighted by Gasteiger charge is 2.22. The smallest absolute Gasteiger partial charge is 0.0194 e. The Bertz CT molecular complexity index is 168. The van der Waals surface area contributed by atoms with Crippen LogP contribution >= 0.6 is 0 Å². The Morgan fingerprint density at radius 1 is 1.33 bits per heavy atom. The maximum Gasteiger partial charge on any atom is 0.0194 e. The van der Waals surface area contributed by atoms with Crippen LogP contribution in [0.4, 0.5) is 0 Å². The van der Waals surface area contributed by atoms with Crippen LogP contribution in [0.1, 0.15) is 27.2 Å². The Labute approximate surface area is 94.6 Å². The molecule has 1 aliphatic rings. The monoisotopic (exact) mass is 213 g/mol. The van der Waals surface area contributed by atoms with E-state index in [-0.39, 0.29) is 0 Å². The van der Waals surface area contributed by atoms with Crippen LogP contribution in [0.2, 0.25) is 0 Å². The highest BCUT2D eigenvalue weighted by molar-refractivity contribution is 4.80. The molecule has 1 saturated heterocycles. The summed E-state index contributed by atoms with van der Waals surface area (Å²) in [5.41, 5.74) is 6.08. The molecule has 2 atom stereocenters. The standard InChI is InChI=1S/C12H27N3/c1-4-14(5-2)8-9-15-7-6-11(3)12(13)10-15/h11-12H,4-10,13H2,1-3H3. The average molecular weight is 213 g/mol. The number of nitrogens with two attached hydrogens (primary N) is 1. The molecule has 90 valence electrons. The number of likely N-dealkylation sites (N-methyl/N-ethyl adjacent to an activating group) is 1. The van der Waals surface area contributed by atoms with Gasteiger partial charge in [0.15, 0.2) is 0 Å². The highest BCUT2D eigenvalue weighted by Crippen LogP contribution is 2.14. The summed E-state index contributed by atoms with van der Waals surface area (Å²) in [6, 6.07) is 0.385. The van der Waals surface area contributed by atoms with Crippen LogP contribution in [-0.4, -0.2) is 55.1 Å². The quantitative estimate of drug-likeness (QED) is 0.739. The van der Waals surface area contributed by atoms with Crippen molar-refractivity contribution in [3.05, 3.63) is 0 Å². The average Bonchev–Trinajstić information content (AvgIpc) is 2.24. The zero-order valence-electron chi connectivity index (χ0n) is 10.6. The van der Waals surface area contributed by atoms with E-state index < -0.39 is 0 Å². The second-order valence-electron chi connectivity index (χ2n) is 4.76. The van der Waals surface area contributed by atoms with Crippen molar-refractivity contribution in [1.29, 1.82) is 0 Å². The number of rotatable bonds is 5. The van der Waals surface area contributed by atoms with Gasteiger partial charge in [0.1, 0.15) is 0 Å². The van der Waals surface area contributed by atoms with Crippen LogP contribution in [0.15, 0.2) is 0 Å². The van der Waals surface area contributed by atoms with Gasteiger partial charge < -0.3 is 15.5 Å². The van der Waals surface area contributed by atoms with Gasteiger partial charge in [0.25, 0.3) is 0 Å². The second kappa shape index (κ2) is 6.46. The van der Waals surface area contributed by atoms with Crippen molar-refractivity contribution < 1.29 is 0 Å². The molecule has 1 heterocycles. The third-order valence-corrected chi connectivity index (χ3v) is 3.73. The predicted octanol–water partition coefficient (Wildman–Crippen LogP) is 0.997. The third kappa shape index (κ3) is 4.09. The van der Waals surface area contributed by atoms with Crippen molar-refractivity contribution in [3.63, 3.8) is 0 Å². The summed E-state index contributed by atoms with van der Waals surface area (Å²) in [5, 5.41) is 0. The van der Waals surface area contributed by atoms with Gasteiger partial charge in [-0.15, -0.1) is 0 Å². The molecule has 2 N–H and O–H groups in total. The van der Waals surface area contributed by atoms with Crippen molar-refractivity contribution in [1.82, 2.24) is 9.80 Å². The Balaban J connectivity index is 2.22. The van der Waals surface area contributed by atoms with Gasteiger partial charge >= 0.3 is 0 Å². The first-order valence-electron chi connectivity index (χ1n) is 6.37. The molecule has 0 aliphatic carbocycles. The van der Waals surface area contributed by atoms with Gasteiger partial charge in [-0.3, -0.25) is 0 Å². The van der Waals surface area contributed by atoms with Crippen molar-refractivity contribution in [2.24, 2.45) is 11.7 Å². The van der Waals surface area contributed by atoms with E-state index in [1.807, 2.05) is 0 Å². The molecule has 0 aromatic rings. The molecule has 1 fully saturated rings. The summed E-state index contributed by atoms with van der Waals surface area (Å²) in [6.07, 6.45) is 1.26. The van der Waals surface area contributed by atoms with Crippen LogP contribution in [0.5, 0.6) is 0 Å². The van der Waals surface area contributed by atoms with Crippen LogP contribution in [0.25, 0.3) is 0 Å². The molecule has 0 aromatic heterocycles. The number of nitrogens with zero attached hydrogens (tertiary/aromatic N) is 2. The summed E-state index contributed by atoms with van der Waals surface area (Å²) >= 11 is 0. The molecule has 0 saturated carbocycles. The summed E-state index contributed by atoms with van der Waals surface area (Å²) in [6.45, 7) is 13.7. The second-order valence-corrected chi connectivity index (χ2v) is 4.76. The van der Waals surface area contributed by atoms with Gasteiger partial charge in [-0.25, -0.2) is 0 Å². The molecule has 0 radical (unpaired) electrons. The molecule has 1 rings (SSSR count). The van der Waals surface area contributed by atoms with Crippen molar-refractivity contribution >= 4 is 0 Å². The molecular weight excluding hydrogens is 186 g/mol. The van der Waals surface area contributed by atoms with Crippen LogP contribution < -0.4 is 5.73 Å². The first-order valence-corrected chi connectivity index (χ1v) is 6.37. The minimum Gasteiger partial charge on any atom is -0.326 e. The Morgan fingerprint density at radius 3 is 2.53 bits per heavy atom. The molecular formula is C12H27N3. The van der Waals surface area contributed by atoms with Gasteiger partial charge in [0.2, 0.25) is 0 Å². The first kappa shape index (κ1) is 12.9. The highest BCUT2D eigenvalue weighted by atomic mass is 15.2. The number of likely N-dealkylation sites (tertiary alicyclic amines) is 1. The van der Waals surface area contributed by atoms with E-state index in [2.05, 4.69) is 30.6 Å². The van der Waals surface area contributed by atoms with E-state index in [9.17, 15) is 0 Å². The van der Waals surface area contributed by atoms with Crippen LogP contribution in [0.3, 0.4) is 0 Å². The zero-order chi connectivity index (χ0) is 11.3. The molecule has 0 spiro atoms. The molecule has 3 nitrogen and oxygen atoms in total. The van der Waals surface area contributed by atoms with Crippen LogP contribution in [-0.2, 0) is 0 Å². The van der Waals surface area contributed by atoms with Crippen LogP contribution in [0, 0.1) is 5.92 Å². The van der Waals surface area contributed by atoms with E-state index in [1.54, 1.807) is 0 Å². The van der Waals surface area contributed by atoms with E-state index in [0.29, 0.717) is 12.0 Å². The van der Waals surface area contributed by atoms with E-state index in [4.69, 9.17) is 5.73 Å². The fourth-order valence-electron chi connectivity index (χ4n) is 2.20. The van der Waals surface area contributed by atoms with Crippen molar-refractivity contribution in [2.45, 2.75) is 33.2 Å². The molecule has 3 heteroatoms. The Hall–Kier alpha value is -0.120. The lowest BCUT2D eigenvalue weighted by Gasteiger charge is -2.36. The van der Waals surface area contributed by atoms with E-state index >= 15 is 0 Å². The fourth-order valence-corrected chi connectivity index (χ4v) is 2.20. The zero-order valence-corrected chi connectivity index (χ0v) is 10.6.